The van der Waals surface area contributed by atoms with Crippen molar-refractivity contribution in [3.05, 3.63) is 51.8 Å². The van der Waals surface area contributed by atoms with Crippen LogP contribution < -0.4 is 5.56 Å². The van der Waals surface area contributed by atoms with Crippen molar-refractivity contribution < 1.29 is 0 Å². The van der Waals surface area contributed by atoms with Gasteiger partial charge < -0.3 is 4.98 Å². The first-order valence-corrected chi connectivity index (χ1v) is 9.70. The molecule has 0 fully saturated rings. The van der Waals surface area contributed by atoms with Gasteiger partial charge in [0, 0.05) is 22.4 Å². The number of thioether (sulfide) groups is 1. The number of aromatic amines is 1. The van der Waals surface area contributed by atoms with E-state index in [0.29, 0.717) is 11.6 Å². The average molecular weight is 368 g/mol. The Morgan fingerprint density at radius 2 is 2.28 bits per heavy atom. The molecule has 4 aromatic heterocycles. The van der Waals surface area contributed by atoms with Gasteiger partial charge in [-0.15, -0.1) is 11.3 Å². The number of fused-ring (bicyclic) bond motifs is 3. The van der Waals surface area contributed by atoms with Crippen molar-refractivity contribution in [2.45, 2.75) is 12.2 Å². The Morgan fingerprint density at radius 1 is 1.32 bits per heavy atom. The van der Waals surface area contributed by atoms with Gasteiger partial charge in [0.2, 0.25) is 0 Å². The number of hydrogen-bond acceptors (Lipinski definition) is 7. The SMILES string of the molecule is O=c1[nH]c(-c2ccnc(-n3cncn3)c2)nc2sc3c(c12)CCSC3. The van der Waals surface area contributed by atoms with Gasteiger partial charge >= 0.3 is 0 Å². The molecule has 25 heavy (non-hydrogen) atoms. The number of nitrogens with zero attached hydrogens (tertiary/aromatic N) is 5. The van der Waals surface area contributed by atoms with Crippen molar-refractivity contribution >= 4 is 33.3 Å². The fraction of sp³-hybridized carbons (Fsp3) is 0.188. The van der Waals surface area contributed by atoms with Gasteiger partial charge in [-0.2, -0.15) is 16.9 Å². The Morgan fingerprint density at radius 3 is 3.16 bits per heavy atom. The maximum Gasteiger partial charge on any atom is 0.260 e. The van der Waals surface area contributed by atoms with Gasteiger partial charge in [0.15, 0.2) is 5.82 Å². The summed E-state index contributed by atoms with van der Waals surface area (Å²) in [5.74, 6) is 3.20. The predicted octanol–water partition coefficient (Wildman–Crippen LogP) is 2.42. The summed E-state index contributed by atoms with van der Waals surface area (Å²) in [6.45, 7) is 0. The molecular formula is C16H12N6OS2. The third-order valence-electron chi connectivity index (χ3n) is 4.15. The Kier molecular flexibility index (Phi) is 3.42. The zero-order valence-electron chi connectivity index (χ0n) is 13.0. The zero-order chi connectivity index (χ0) is 16.8. The third-order valence-corrected chi connectivity index (χ3v) is 6.44. The van der Waals surface area contributed by atoms with E-state index in [4.69, 9.17) is 4.98 Å². The van der Waals surface area contributed by atoms with Crippen LogP contribution >= 0.6 is 23.1 Å². The Hall–Kier alpha value is -2.52. The van der Waals surface area contributed by atoms with E-state index < -0.39 is 0 Å². The van der Waals surface area contributed by atoms with Crippen LogP contribution in [0.5, 0.6) is 0 Å². The van der Waals surface area contributed by atoms with E-state index in [9.17, 15) is 4.79 Å². The van der Waals surface area contributed by atoms with Gasteiger partial charge in [0.1, 0.15) is 23.3 Å². The van der Waals surface area contributed by atoms with Crippen LogP contribution in [0.3, 0.4) is 0 Å². The highest BCUT2D eigenvalue weighted by molar-refractivity contribution is 7.98. The molecule has 124 valence electrons. The average Bonchev–Trinajstić information content (AvgIpc) is 3.29. The van der Waals surface area contributed by atoms with Gasteiger partial charge in [-0.05, 0) is 29.9 Å². The minimum absolute atomic E-state index is 0.0662. The summed E-state index contributed by atoms with van der Waals surface area (Å²) < 4.78 is 1.57. The first-order chi connectivity index (χ1) is 12.3. The molecule has 1 aliphatic rings. The summed E-state index contributed by atoms with van der Waals surface area (Å²) >= 11 is 3.54. The molecule has 0 unspecified atom stereocenters. The van der Waals surface area contributed by atoms with Crippen molar-refractivity contribution in [3.63, 3.8) is 0 Å². The molecular weight excluding hydrogens is 356 g/mol. The maximum absolute atomic E-state index is 12.7. The van der Waals surface area contributed by atoms with E-state index >= 15 is 0 Å². The van der Waals surface area contributed by atoms with Gasteiger partial charge in [-0.1, -0.05) is 0 Å². The van der Waals surface area contributed by atoms with E-state index in [-0.39, 0.29) is 5.56 Å². The molecule has 0 aromatic carbocycles. The van der Waals surface area contributed by atoms with Crippen molar-refractivity contribution in [1.29, 1.82) is 0 Å². The van der Waals surface area contributed by atoms with Crippen molar-refractivity contribution in [3.8, 4) is 17.2 Å². The highest BCUT2D eigenvalue weighted by Crippen LogP contribution is 2.35. The van der Waals surface area contributed by atoms with E-state index in [1.165, 1.54) is 16.8 Å². The number of pyridine rings is 1. The second-order valence-corrected chi connectivity index (χ2v) is 7.83. The first kappa shape index (κ1) is 14.8. The fourth-order valence-corrected chi connectivity index (χ4v) is 5.34. The van der Waals surface area contributed by atoms with Crippen LogP contribution in [0.1, 0.15) is 10.4 Å². The summed E-state index contributed by atoms with van der Waals surface area (Å²) in [4.78, 5) is 30.6. The molecule has 0 aliphatic carbocycles. The molecule has 4 aromatic rings. The van der Waals surface area contributed by atoms with Crippen LogP contribution in [-0.2, 0) is 12.2 Å². The second kappa shape index (κ2) is 5.78. The summed E-state index contributed by atoms with van der Waals surface area (Å²) in [6.07, 6.45) is 5.65. The number of H-pyrrole nitrogens is 1. The van der Waals surface area contributed by atoms with Crippen LogP contribution in [0.25, 0.3) is 27.4 Å². The highest BCUT2D eigenvalue weighted by Gasteiger charge is 2.20. The number of nitrogens with one attached hydrogen (secondary N) is 1. The number of thiophene rings is 1. The summed E-state index contributed by atoms with van der Waals surface area (Å²) in [6, 6.07) is 3.66. The molecule has 1 N–H and O–H groups in total. The molecule has 9 heteroatoms. The van der Waals surface area contributed by atoms with Crippen LogP contribution in [0, 0.1) is 0 Å². The molecule has 5 rings (SSSR count). The lowest BCUT2D eigenvalue weighted by molar-refractivity contribution is 0.845. The standard InChI is InChI=1S/C16H12N6OS2/c23-15-13-10-2-4-24-6-11(10)25-16(13)21-14(20-15)9-1-3-18-12(5-9)22-8-17-7-19-22/h1,3,5,7-8H,2,4,6H2,(H,20,21,23). The van der Waals surface area contributed by atoms with Crippen molar-refractivity contribution in [2.75, 3.05) is 5.75 Å². The second-order valence-electron chi connectivity index (χ2n) is 5.64. The monoisotopic (exact) mass is 368 g/mol. The lowest BCUT2D eigenvalue weighted by Gasteiger charge is -2.09. The number of aryl methyl sites for hydroxylation is 1. The van der Waals surface area contributed by atoms with Gasteiger partial charge in [-0.25, -0.2) is 19.6 Å². The van der Waals surface area contributed by atoms with E-state index in [0.717, 1.165) is 33.7 Å². The first-order valence-electron chi connectivity index (χ1n) is 7.73. The Bertz CT molecular complexity index is 1130. The summed E-state index contributed by atoms with van der Waals surface area (Å²) in [5.41, 5.74) is 1.90. The quantitative estimate of drug-likeness (QED) is 0.584. The fourth-order valence-electron chi connectivity index (χ4n) is 2.98. The minimum Gasteiger partial charge on any atom is -0.306 e. The van der Waals surface area contributed by atoms with E-state index in [1.54, 1.807) is 28.5 Å². The maximum atomic E-state index is 12.7. The molecule has 0 atom stereocenters. The van der Waals surface area contributed by atoms with E-state index in [1.807, 2.05) is 23.9 Å². The van der Waals surface area contributed by atoms with Crippen molar-refractivity contribution in [2.24, 2.45) is 0 Å². The Labute approximate surface area is 150 Å². The number of rotatable bonds is 2. The van der Waals surface area contributed by atoms with Crippen LogP contribution in [0.15, 0.2) is 35.8 Å². The largest absolute Gasteiger partial charge is 0.306 e. The highest BCUT2D eigenvalue weighted by atomic mass is 32.2. The molecule has 7 nitrogen and oxygen atoms in total. The molecule has 0 radical (unpaired) electrons. The molecule has 5 heterocycles. The molecule has 1 aliphatic heterocycles. The molecule has 0 saturated heterocycles. The van der Waals surface area contributed by atoms with Crippen molar-refractivity contribution in [1.82, 2.24) is 29.7 Å². The predicted molar refractivity (Wildman–Crippen MR) is 98.3 cm³/mol. The smallest absolute Gasteiger partial charge is 0.260 e. The summed E-state index contributed by atoms with van der Waals surface area (Å²) in [7, 11) is 0. The number of hydrogen-bond donors (Lipinski definition) is 1. The van der Waals surface area contributed by atoms with Crippen LogP contribution in [-0.4, -0.2) is 35.5 Å². The lowest BCUT2D eigenvalue weighted by Crippen LogP contribution is -2.11. The summed E-state index contributed by atoms with van der Waals surface area (Å²) in [5, 5.41) is 4.84. The Balaban J connectivity index is 1.67. The van der Waals surface area contributed by atoms with E-state index in [2.05, 4.69) is 20.1 Å². The normalized spacial score (nSPS) is 13.9. The molecule has 0 saturated carbocycles. The molecule has 0 amide bonds. The lowest BCUT2D eigenvalue weighted by atomic mass is 10.1. The van der Waals surface area contributed by atoms with Gasteiger partial charge in [-0.3, -0.25) is 4.79 Å². The molecule has 0 bridgehead atoms. The topological polar surface area (TPSA) is 89.4 Å². The minimum atomic E-state index is -0.0662. The van der Waals surface area contributed by atoms with Crippen LogP contribution in [0.4, 0.5) is 0 Å². The van der Waals surface area contributed by atoms with Crippen LogP contribution in [0.2, 0.25) is 0 Å². The van der Waals surface area contributed by atoms with Gasteiger partial charge in [0.05, 0.1) is 5.39 Å². The zero-order valence-corrected chi connectivity index (χ0v) is 14.6. The number of aromatic nitrogens is 6. The third kappa shape index (κ3) is 2.47. The van der Waals surface area contributed by atoms with Gasteiger partial charge in [0.25, 0.3) is 5.56 Å². The molecule has 0 spiro atoms.